The van der Waals surface area contributed by atoms with E-state index in [2.05, 4.69) is 53.5 Å². The molecule has 1 fully saturated rings. The molecular formula is C39H68N7O17P3S. The van der Waals surface area contributed by atoms with Crippen LogP contribution in [0.5, 0.6) is 0 Å². The minimum absolute atomic E-state index is 0.0332. The first-order valence-electron chi connectivity index (χ1n) is 22.3. The predicted molar refractivity (Wildman–Crippen MR) is 247 cm³/mol. The molecule has 3 heterocycles. The topological polar surface area (TPSA) is 364 Å². The van der Waals surface area contributed by atoms with Crippen molar-refractivity contribution in [1.29, 1.82) is 0 Å². The average molecular weight is 1030 g/mol. The van der Waals surface area contributed by atoms with Crippen LogP contribution < -0.4 is 16.4 Å². The zero-order chi connectivity index (χ0) is 49.7. The van der Waals surface area contributed by atoms with Crippen LogP contribution >= 0.6 is 35.2 Å². The quantitative estimate of drug-likeness (QED) is 0.0260. The summed E-state index contributed by atoms with van der Waals surface area (Å²) in [6.07, 6.45) is 13.4. The van der Waals surface area contributed by atoms with Gasteiger partial charge in [0.25, 0.3) is 0 Å². The van der Waals surface area contributed by atoms with Gasteiger partial charge in [-0.15, -0.1) is 0 Å². The van der Waals surface area contributed by atoms with E-state index in [-0.39, 0.29) is 41.6 Å². The van der Waals surface area contributed by atoms with Crippen LogP contribution in [0.3, 0.4) is 0 Å². The molecular weight excluding hydrogens is 963 g/mol. The number of unbranched alkanes of at least 4 members (excludes halogenated alkanes) is 11. The normalized spacial score (nSPS) is 20.2. The van der Waals surface area contributed by atoms with E-state index in [1.165, 1.54) is 71.6 Å². The Morgan fingerprint density at radius 1 is 0.896 bits per heavy atom. The number of hydrogen-bond donors (Lipinski definition) is 9. The standard InChI is InChI=1S/C39H68N7O17P3S/c1-4-5-6-7-8-9-10-11-12-13-14-15-16-17-18-19-30(48)67-23-22-41-29(47)20-21-42-37(51)34(50)39(2,3)25-60-66(57,58)63-65(55,56)59-24-28-33(62-64(52,53)54)32(49)38(61-28)46-27-45-31-35(40)43-26-44-36(31)46/h9-10,26-28,32-34,38,49-50H,4-8,11-25H2,1-3H3,(H,41,47)(H,42,51)(H,55,56)(H,57,58)(H2,40,43,44)(H2,52,53,54). The summed E-state index contributed by atoms with van der Waals surface area (Å²) in [5.41, 5.74) is 4.29. The largest absolute Gasteiger partial charge is 0.481 e. The SMILES string of the molecule is CCCCCCC=CCCCCCCCCCC(=O)SCCNC(=O)CCNC(=O)C(O)C(C)(C)COP(=O)(O)OP(=O)(O)OCC1OC(n2cnc3c(N)ncnc32)C(O)C1OP(=O)(O)O. The molecule has 2 amide bonds. The van der Waals surface area contributed by atoms with Gasteiger partial charge in [-0.05, 0) is 32.1 Å². The van der Waals surface area contributed by atoms with Crippen molar-refractivity contribution in [2.75, 3.05) is 37.8 Å². The van der Waals surface area contributed by atoms with Gasteiger partial charge in [0.2, 0.25) is 11.8 Å². The van der Waals surface area contributed by atoms with Gasteiger partial charge in [-0.25, -0.2) is 28.6 Å². The molecule has 0 radical (unpaired) electrons. The van der Waals surface area contributed by atoms with E-state index in [1.807, 2.05) is 0 Å². The summed E-state index contributed by atoms with van der Waals surface area (Å²) in [6, 6.07) is 0. The number of nitrogens with two attached hydrogens (primary N) is 1. The van der Waals surface area contributed by atoms with Crippen LogP contribution in [0, 0.1) is 5.41 Å². The summed E-state index contributed by atoms with van der Waals surface area (Å²) in [4.78, 5) is 88.3. The second kappa shape index (κ2) is 28.8. The molecule has 2 aromatic heterocycles. The highest BCUT2D eigenvalue weighted by Gasteiger charge is 2.50. The molecule has 7 atom stereocenters. The molecule has 28 heteroatoms. The first kappa shape index (κ1) is 58.6. The Hall–Kier alpha value is -2.70. The lowest BCUT2D eigenvalue weighted by atomic mass is 9.87. The van der Waals surface area contributed by atoms with Crippen LogP contribution in [-0.4, -0.2) is 123 Å². The number of imidazole rings is 1. The summed E-state index contributed by atoms with van der Waals surface area (Å²) in [5.74, 6) is -1.03. The minimum atomic E-state index is -5.57. The number of aliphatic hydroxyl groups excluding tert-OH is 2. The maximum atomic E-state index is 12.7. The Morgan fingerprint density at radius 2 is 1.52 bits per heavy atom. The van der Waals surface area contributed by atoms with Crippen LogP contribution in [-0.2, 0) is 50.7 Å². The van der Waals surface area contributed by atoms with Gasteiger partial charge in [0, 0.05) is 37.1 Å². The summed E-state index contributed by atoms with van der Waals surface area (Å²) in [7, 11) is -16.4. The van der Waals surface area contributed by atoms with Gasteiger partial charge in [-0.1, -0.05) is 96.1 Å². The van der Waals surface area contributed by atoms with E-state index in [0.717, 1.165) is 54.7 Å². The third-order valence-corrected chi connectivity index (χ3v) is 14.4. The number of nitrogens with one attached hydrogen (secondary N) is 2. The van der Waals surface area contributed by atoms with Gasteiger partial charge < -0.3 is 50.9 Å². The highest BCUT2D eigenvalue weighted by atomic mass is 32.2. The number of hydrogen-bond acceptors (Lipinski definition) is 18. The number of nitrogens with zero attached hydrogens (tertiary/aromatic N) is 4. The zero-order valence-corrected chi connectivity index (χ0v) is 41.6. The number of thioether (sulfide) groups is 1. The monoisotopic (exact) mass is 1030 g/mol. The first-order valence-corrected chi connectivity index (χ1v) is 27.8. The number of aliphatic hydroxyl groups is 2. The van der Waals surface area contributed by atoms with E-state index in [9.17, 15) is 57.9 Å². The molecule has 0 aromatic carbocycles. The van der Waals surface area contributed by atoms with Crippen molar-refractivity contribution in [2.45, 2.75) is 148 Å². The van der Waals surface area contributed by atoms with Gasteiger partial charge in [0.1, 0.15) is 36.3 Å². The van der Waals surface area contributed by atoms with Gasteiger partial charge in [0.05, 0.1) is 19.5 Å². The molecule has 7 unspecified atom stereocenters. The maximum absolute atomic E-state index is 12.7. The molecule has 0 spiro atoms. The summed E-state index contributed by atoms with van der Waals surface area (Å²) in [5, 5.41) is 26.7. The number of carbonyl (C=O) groups is 3. The fourth-order valence-electron chi connectivity index (χ4n) is 6.71. The number of phosphoric acid groups is 3. The number of rotatable bonds is 34. The number of aromatic nitrogens is 4. The lowest BCUT2D eigenvalue weighted by Crippen LogP contribution is -2.46. The van der Waals surface area contributed by atoms with Crippen molar-refractivity contribution in [1.82, 2.24) is 30.2 Å². The molecule has 0 saturated carbocycles. The third-order valence-electron chi connectivity index (χ3n) is 10.4. The molecule has 0 bridgehead atoms. The third kappa shape index (κ3) is 21.9. The number of carbonyl (C=O) groups excluding carboxylic acids is 3. The van der Waals surface area contributed by atoms with E-state index in [1.54, 1.807) is 0 Å². The number of amides is 2. The fourth-order valence-corrected chi connectivity index (χ4v) is 10.3. The summed E-state index contributed by atoms with van der Waals surface area (Å²) < 4.78 is 62.4. The average Bonchev–Trinajstić information content (AvgIpc) is 3.81. The van der Waals surface area contributed by atoms with Crippen molar-refractivity contribution < 1.29 is 80.5 Å². The Kier molecular flexibility index (Phi) is 25.2. The predicted octanol–water partition coefficient (Wildman–Crippen LogP) is 4.70. The van der Waals surface area contributed by atoms with Crippen LogP contribution in [0.2, 0.25) is 0 Å². The second-order valence-electron chi connectivity index (χ2n) is 16.6. The zero-order valence-electron chi connectivity index (χ0n) is 38.1. The molecule has 1 saturated heterocycles. The molecule has 0 aliphatic carbocycles. The van der Waals surface area contributed by atoms with Crippen molar-refractivity contribution >= 4 is 69.1 Å². The van der Waals surface area contributed by atoms with Crippen molar-refractivity contribution in [3.05, 3.63) is 24.8 Å². The lowest BCUT2D eigenvalue weighted by molar-refractivity contribution is -0.137. The van der Waals surface area contributed by atoms with Crippen LogP contribution in [0.4, 0.5) is 5.82 Å². The maximum Gasteiger partial charge on any atom is 0.481 e. The van der Waals surface area contributed by atoms with Gasteiger partial charge in [-0.3, -0.25) is 32.5 Å². The van der Waals surface area contributed by atoms with Gasteiger partial charge in [-0.2, -0.15) is 4.31 Å². The summed E-state index contributed by atoms with van der Waals surface area (Å²) >= 11 is 1.15. The number of phosphoric ester groups is 3. The van der Waals surface area contributed by atoms with Crippen molar-refractivity contribution in [3.63, 3.8) is 0 Å². The molecule has 2 aromatic rings. The minimum Gasteiger partial charge on any atom is -0.386 e. The smallest absolute Gasteiger partial charge is 0.386 e. The molecule has 1 aliphatic heterocycles. The number of fused-ring (bicyclic) bond motifs is 1. The van der Waals surface area contributed by atoms with E-state index in [0.29, 0.717) is 12.2 Å². The second-order valence-corrected chi connectivity index (χ2v) is 22.0. The van der Waals surface area contributed by atoms with E-state index < -0.39 is 84.6 Å². The highest BCUT2D eigenvalue weighted by molar-refractivity contribution is 8.13. The lowest BCUT2D eigenvalue weighted by Gasteiger charge is -2.30. The molecule has 382 valence electrons. The molecule has 10 N–H and O–H groups in total. The van der Waals surface area contributed by atoms with Crippen molar-refractivity contribution in [2.24, 2.45) is 5.41 Å². The first-order chi connectivity index (χ1) is 31.6. The molecule has 3 rings (SSSR count). The van der Waals surface area contributed by atoms with Crippen LogP contribution in [0.25, 0.3) is 11.2 Å². The van der Waals surface area contributed by atoms with Crippen molar-refractivity contribution in [3.8, 4) is 0 Å². The Bertz CT molecular complexity index is 2040. The summed E-state index contributed by atoms with van der Waals surface area (Å²) in [6.45, 7) is 2.79. The molecule has 1 aliphatic rings. The van der Waals surface area contributed by atoms with Gasteiger partial charge >= 0.3 is 23.5 Å². The fraction of sp³-hybridized carbons (Fsp3) is 0.744. The van der Waals surface area contributed by atoms with Gasteiger partial charge in [0.15, 0.2) is 22.8 Å². The molecule has 24 nitrogen and oxygen atoms in total. The Balaban J connectivity index is 1.30. The highest BCUT2D eigenvalue weighted by Crippen LogP contribution is 2.61. The number of nitrogen functional groups attached to an aromatic ring is 1. The van der Waals surface area contributed by atoms with E-state index in [4.69, 9.17) is 19.5 Å². The number of anilines is 1. The number of ether oxygens (including phenoxy) is 1. The van der Waals surface area contributed by atoms with Crippen LogP contribution in [0.1, 0.15) is 123 Å². The van der Waals surface area contributed by atoms with E-state index >= 15 is 0 Å². The Morgan fingerprint density at radius 3 is 2.18 bits per heavy atom. The number of allylic oxidation sites excluding steroid dienone is 2. The van der Waals surface area contributed by atoms with Crippen LogP contribution in [0.15, 0.2) is 24.8 Å². The Labute approximate surface area is 394 Å². The molecule has 67 heavy (non-hydrogen) atoms.